The van der Waals surface area contributed by atoms with Gasteiger partial charge in [-0.1, -0.05) is 23.7 Å². The van der Waals surface area contributed by atoms with Gasteiger partial charge in [-0.25, -0.2) is 4.79 Å². The van der Waals surface area contributed by atoms with Crippen LogP contribution >= 0.6 is 11.6 Å². The van der Waals surface area contributed by atoms with Crippen molar-refractivity contribution in [2.75, 3.05) is 11.3 Å². The third-order valence-corrected chi connectivity index (χ3v) is 4.37. The van der Waals surface area contributed by atoms with Crippen LogP contribution in [0.3, 0.4) is 0 Å². The van der Waals surface area contributed by atoms with E-state index in [0.29, 0.717) is 27.6 Å². The third kappa shape index (κ3) is 4.57. The van der Waals surface area contributed by atoms with Crippen molar-refractivity contribution in [1.82, 2.24) is 0 Å². The molecule has 0 saturated carbocycles. The number of carbonyl (C=O) groups excluding carboxylic acids is 1. The van der Waals surface area contributed by atoms with E-state index in [-0.39, 0.29) is 12.4 Å². The minimum Gasteiger partial charge on any atom is -0.755 e. The SMILES string of the molecule is CCOC(=O)c1oc(-c2ccc(Cl)cc2)cc1-c1ccc(NS(=O)[O-])cc1. The van der Waals surface area contributed by atoms with Crippen LogP contribution in [0.2, 0.25) is 5.02 Å². The highest BCUT2D eigenvalue weighted by atomic mass is 35.5. The smallest absolute Gasteiger partial charge is 0.374 e. The number of furan rings is 1. The van der Waals surface area contributed by atoms with Crippen LogP contribution in [0.25, 0.3) is 22.5 Å². The lowest BCUT2D eigenvalue weighted by molar-refractivity contribution is 0.0492. The zero-order valence-electron chi connectivity index (χ0n) is 14.2. The molecule has 0 aliphatic heterocycles. The summed E-state index contributed by atoms with van der Waals surface area (Å²) >= 11 is 3.51. The number of hydrogen-bond donors (Lipinski definition) is 1. The van der Waals surface area contributed by atoms with Crippen molar-refractivity contribution in [3.8, 4) is 22.5 Å². The number of hydrogen-bond acceptors (Lipinski definition) is 5. The molecule has 3 aromatic rings. The van der Waals surface area contributed by atoms with Gasteiger partial charge in [0.15, 0.2) is 0 Å². The van der Waals surface area contributed by atoms with Gasteiger partial charge in [-0.2, -0.15) is 0 Å². The topological polar surface area (TPSA) is 91.6 Å². The first-order valence-corrected chi connectivity index (χ1v) is 9.46. The summed E-state index contributed by atoms with van der Waals surface area (Å²) in [5.74, 6) is -0.00179. The molecule has 1 atom stereocenters. The maximum absolute atomic E-state index is 12.3. The highest BCUT2D eigenvalue weighted by Crippen LogP contribution is 2.34. The highest BCUT2D eigenvalue weighted by Gasteiger charge is 2.21. The van der Waals surface area contributed by atoms with E-state index in [9.17, 15) is 13.6 Å². The number of carbonyl (C=O) groups is 1. The van der Waals surface area contributed by atoms with Crippen molar-refractivity contribution >= 4 is 34.5 Å². The van der Waals surface area contributed by atoms with E-state index in [1.807, 2.05) is 0 Å². The maximum Gasteiger partial charge on any atom is 0.374 e. The first-order chi connectivity index (χ1) is 13.0. The number of anilines is 1. The first kappa shape index (κ1) is 19.2. The Morgan fingerprint density at radius 2 is 1.78 bits per heavy atom. The molecule has 3 rings (SSSR count). The average Bonchev–Trinajstić information content (AvgIpc) is 3.08. The molecule has 0 amide bonds. The molecule has 140 valence electrons. The van der Waals surface area contributed by atoms with Crippen LogP contribution < -0.4 is 4.72 Å². The van der Waals surface area contributed by atoms with E-state index < -0.39 is 17.2 Å². The molecule has 0 saturated heterocycles. The fourth-order valence-electron chi connectivity index (χ4n) is 2.52. The summed E-state index contributed by atoms with van der Waals surface area (Å²) in [6.45, 7) is 1.93. The minimum absolute atomic E-state index is 0.0786. The van der Waals surface area contributed by atoms with Gasteiger partial charge < -0.3 is 18.4 Å². The molecule has 0 radical (unpaired) electrons. The molecule has 1 heterocycles. The van der Waals surface area contributed by atoms with Crippen LogP contribution in [0.15, 0.2) is 59.0 Å². The number of ether oxygens (including phenoxy) is 1. The molecule has 1 aromatic heterocycles. The second-order valence-electron chi connectivity index (χ2n) is 5.49. The van der Waals surface area contributed by atoms with Crippen molar-refractivity contribution in [3.05, 3.63) is 65.4 Å². The van der Waals surface area contributed by atoms with Gasteiger partial charge in [-0.15, -0.1) is 0 Å². The molecule has 0 aliphatic rings. The molecular weight excluding hydrogens is 390 g/mol. The van der Waals surface area contributed by atoms with E-state index >= 15 is 0 Å². The summed E-state index contributed by atoms with van der Waals surface area (Å²) in [5.41, 5.74) is 2.40. The Morgan fingerprint density at radius 1 is 1.15 bits per heavy atom. The van der Waals surface area contributed by atoms with Gasteiger partial charge in [0.05, 0.1) is 6.61 Å². The minimum atomic E-state index is -2.41. The van der Waals surface area contributed by atoms with Crippen LogP contribution in [-0.4, -0.2) is 21.3 Å². The zero-order valence-corrected chi connectivity index (χ0v) is 15.8. The molecule has 6 nitrogen and oxygen atoms in total. The van der Waals surface area contributed by atoms with Gasteiger partial charge in [0.2, 0.25) is 5.76 Å². The summed E-state index contributed by atoms with van der Waals surface area (Å²) in [6, 6.07) is 15.3. The van der Waals surface area contributed by atoms with E-state index in [1.165, 1.54) is 0 Å². The number of halogens is 1. The van der Waals surface area contributed by atoms with Crippen LogP contribution in [0.1, 0.15) is 17.5 Å². The van der Waals surface area contributed by atoms with Crippen LogP contribution in [0.4, 0.5) is 5.69 Å². The molecule has 8 heteroatoms. The molecular formula is C19H15ClNO5S-. The Hall–Kier alpha value is -2.61. The first-order valence-electron chi connectivity index (χ1n) is 8.01. The Balaban J connectivity index is 2.03. The average molecular weight is 405 g/mol. The number of nitrogens with one attached hydrogen (secondary N) is 1. The highest BCUT2D eigenvalue weighted by molar-refractivity contribution is 7.80. The fourth-order valence-corrected chi connectivity index (χ4v) is 2.98. The molecule has 0 spiro atoms. The quantitative estimate of drug-likeness (QED) is 0.477. The van der Waals surface area contributed by atoms with Crippen molar-refractivity contribution in [1.29, 1.82) is 0 Å². The van der Waals surface area contributed by atoms with Crippen molar-refractivity contribution in [2.24, 2.45) is 0 Å². The van der Waals surface area contributed by atoms with E-state index in [0.717, 1.165) is 5.56 Å². The molecule has 1 unspecified atom stereocenters. The number of benzene rings is 2. The lowest BCUT2D eigenvalue weighted by Gasteiger charge is -2.09. The molecule has 27 heavy (non-hydrogen) atoms. The van der Waals surface area contributed by atoms with E-state index in [4.69, 9.17) is 20.8 Å². The van der Waals surface area contributed by atoms with Gasteiger partial charge >= 0.3 is 5.97 Å². The molecule has 0 aliphatic carbocycles. The van der Waals surface area contributed by atoms with Gasteiger partial charge in [0, 0.05) is 33.1 Å². The monoisotopic (exact) mass is 404 g/mol. The molecule has 0 fully saturated rings. The van der Waals surface area contributed by atoms with Crippen molar-refractivity contribution in [3.63, 3.8) is 0 Å². The third-order valence-electron chi connectivity index (χ3n) is 3.72. The summed E-state index contributed by atoms with van der Waals surface area (Å²) < 4.78 is 34.6. The number of esters is 1. The van der Waals surface area contributed by atoms with Crippen LogP contribution in [0, 0.1) is 0 Å². The summed E-state index contributed by atoms with van der Waals surface area (Å²) in [4.78, 5) is 12.3. The summed E-state index contributed by atoms with van der Waals surface area (Å²) in [5, 5.41) is 0.593. The maximum atomic E-state index is 12.3. The Kier molecular flexibility index (Phi) is 5.95. The van der Waals surface area contributed by atoms with Gasteiger partial charge in [-0.05, 0) is 55.0 Å². The predicted molar refractivity (Wildman–Crippen MR) is 103 cm³/mol. The van der Waals surface area contributed by atoms with Crippen LogP contribution in [0.5, 0.6) is 0 Å². The largest absolute Gasteiger partial charge is 0.755 e. The standard InChI is InChI=1S/C19H16ClNO5S/c1-2-25-19(22)18-16(12-5-9-15(10-6-12)21-27(23)24)11-17(26-18)13-3-7-14(20)8-4-13/h3-11,21H,2H2,1H3,(H,23,24)/p-1. The normalized spacial score (nSPS) is 11.8. The Labute approximate surface area is 163 Å². The lowest BCUT2D eigenvalue weighted by atomic mass is 10.0. The second kappa shape index (κ2) is 8.39. The van der Waals surface area contributed by atoms with Gasteiger partial charge in [-0.3, -0.25) is 4.21 Å². The fraction of sp³-hybridized carbons (Fsp3) is 0.105. The Bertz CT molecular complexity index is 967. The predicted octanol–water partition coefficient (Wildman–Crippen LogP) is 4.65. The van der Waals surface area contributed by atoms with Crippen LogP contribution in [-0.2, 0) is 16.0 Å². The zero-order chi connectivity index (χ0) is 19.4. The summed E-state index contributed by atoms with van der Waals surface area (Å²) in [6.07, 6.45) is 0. The van der Waals surface area contributed by atoms with Gasteiger partial charge in [0.25, 0.3) is 0 Å². The van der Waals surface area contributed by atoms with E-state index in [2.05, 4.69) is 4.72 Å². The molecule has 1 N–H and O–H groups in total. The lowest BCUT2D eigenvalue weighted by Crippen LogP contribution is -2.04. The second-order valence-corrected chi connectivity index (χ2v) is 6.60. The van der Waals surface area contributed by atoms with E-state index in [1.54, 1.807) is 61.5 Å². The summed E-state index contributed by atoms with van der Waals surface area (Å²) in [7, 11) is 0. The molecule has 2 aromatic carbocycles. The van der Waals surface area contributed by atoms with Crippen molar-refractivity contribution < 1.29 is 22.7 Å². The number of rotatable bonds is 6. The van der Waals surface area contributed by atoms with Crippen molar-refractivity contribution in [2.45, 2.75) is 6.92 Å². The van der Waals surface area contributed by atoms with Gasteiger partial charge in [0.1, 0.15) is 5.76 Å². The Morgan fingerprint density at radius 3 is 2.37 bits per heavy atom. The molecule has 0 bridgehead atoms.